The second-order valence-corrected chi connectivity index (χ2v) is 5.01. The highest BCUT2D eigenvalue weighted by Gasteiger charge is 2.08. The maximum Gasteiger partial charge on any atom is 0.252 e. The van der Waals surface area contributed by atoms with Crippen LogP contribution in [-0.2, 0) is 6.54 Å². The maximum absolute atomic E-state index is 11.9. The van der Waals surface area contributed by atoms with Gasteiger partial charge < -0.3 is 5.32 Å². The molecule has 1 aromatic heterocycles. The van der Waals surface area contributed by atoms with Gasteiger partial charge in [0.1, 0.15) is 5.01 Å². The maximum atomic E-state index is 11.9. The van der Waals surface area contributed by atoms with Crippen molar-refractivity contribution in [3.05, 3.63) is 45.9 Å². The van der Waals surface area contributed by atoms with E-state index >= 15 is 0 Å². The predicted octanol–water partition coefficient (Wildman–Crippen LogP) is 2.67. The molecule has 0 radical (unpaired) electrons. The summed E-state index contributed by atoms with van der Waals surface area (Å²) in [6.07, 6.45) is 0. The lowest BCUT2D eigenvalue weighted by atomic mass is 10.2. The number of carbonyl (C=O) groups is 1. The zero-order chi connectivity index (χ0) is 12.3. The quantitative estimate of drug-likeness (QED) is 0.837. The van der Waals surface area contributed by atoms with Gasteiger partial charge in [0.05, 0.1) is 12.1 Å². The fourth-order valence-corrected chi connectivity index (χ4v) is 2.37. The highest BCUT2D eigenvalue weighted by atomic mass is 32.1. The molecule has 0 unspecified atom stereocenters. The van der Waals surface area contributed by atoms with Gasteiger partial charge in [0.25, 0.3) is 5.91 Å². The first-order valence-corrected chi connectivity index (χ1v) is 6.46. The number of hydrogen-bond donors (Lipinski definition) is 2. The molecule has 3 nitrogen and oxygen atoms in total. The number of benzene rings is 1. The molecule has 0 aliphatic heterocycles. The number of thiol groups is 1. The number of hydrogen-bond acceptors (Lipinski definition) is 4. The topological polar surface area (TPSA) is 42.0 Å². The number of thiazole rings is 1. The first-order chi connectivity index (χ1) is 8.16. The number of amides is 1. The van der Waals surface area contributed by atoms with Crippen LogP contribution in [0.2, 0.25) is 0 Å². The van der Waals surface area contributed by atoms with Crippen molar-refractivity contribution in [3.63, 3.8) is 0 Å². The third kappa shape index (κ3) is 3.08. The van der Waals surface area contributed by atoms with Crippen molar-refractivity contribution in [1.29, 1.82) is 0 Å². The van der Waals surface area contributed by atoms with E-state index < -0.39 is 0 Å². The highest BCUT2D eigenvalue weighted by molar-refractivity contribution is 7.80. The van der Waals surface area contributed by atoms with E-state index in [2.05, 4.69) is 22.9 Å². The largest absolute Gasteiger partial charge is 0.345 e. The van der Waals surface area contributed by atoms with Crippen molar-refractivity contribution in [2.24, 2.45) is 0 Å². The van der Waals surface area contributed by atoms with Gasteiger partial charge >= 0.3 is 0 Å². The summed E-state index contributed by atoms with van der Waals surface area (Å²) >= 11 is 5.79. The Kier molecular flexibility index (Phi) is 3.81. The van der Waals surface area contributed by atoms with E-state index in [-0.39, 0.29) is 5.91 Å². The van der Waals surface area contributed by atoms with Gasteiger partial charge in [0, 0.05) is 16.0 Å². The Hall–Kier alpha value is -1.33. The molecule has 0 spiro atoms. The summed E-state index contributed by atoms with van der Waals surface area (Å²) in [7, 11) is 0. The van der Waals surface area contributed by atoms with Crippen LogP contribution in [0.15, 0.2) is 34.5 Å². The minimum Gasteiger partial charge on any atom is -0.345 e. The lowest BCUT2D eigenvalue weighted by Gasteiger charge is -2.05. The molecule has 1 heterocycles. The normalized spacial score (nSPS) is 10.2. The van der Waals surface area contributed by atoms with E-state index in [1.165, 1.54) is 0 Å². The Labute approximate surface area is 109 Å². The van der Waals surface area contributed by atoms with Crippen molar-refractivity contribution in [2.75, 3.05) is 0 Å². The molecule has 2 rings (SSSR count). The summed E-state index contributed by atoms with van der Waals surface area (Å²) in [6, 6.07) is 7.22. The average molecular weight is 264 g/mol. The Balaban J connectivity index is 2.01. The summed E-state index contributed by atoms with van der Waals surface area (Å²) in [5.41, 5.74) is 1.57. The van der Waals surface area contributed by atoms with Crippen LogP contribution in [0.4, 0.5) is 0 Å². The second-order valence-electron chi connectivity index (χ2n) is 3.58. The van der Waals surface area contributed by atoms with Gasteiger partial charge in [0.2, 0.25) is 0 Å². The summed E-state index contributed by atoms with van der Waals surface area (Å²) in [4.78, 5) is 16.8. The number of nitrogens with zero attached hydrogens (tertiary/aromatic N) is 1. The van der Waals surface area contributed by atoms with Gasteiger partial charge in [-0.15, -0.1) is 24.0 Å². The smallest absolute Gasteiger partial charge is 0.252 e. The number of nitrogens with one attached hydrogen (secondary N) is 1. The Morgan fingerprint density at radius 2 is 2.24 bits per heavy atom. The van der Waals surface area contributed by atoms with Crippen LogP contribution in [0.25, 0.3) is 0 Å². The molecule has 0 bridgehead atoms. The molecule has 1 aromatic carbocycles. The van der Waals surface area contributed by atoms with Gasteiger partial charge in [0.15, 0.2) is 0 Å². The molecule has 5 heteroatoms. The summed E-state index contributed by atoms with van der Waals surface area (Å²) in [5, 5.41) is 5.71. The molecular weight excluding hydrogens is 252 g/mol. The van der Waals surface area contributed by atoms with Gasteiger partial charge in [-0.1, -0.05) is 12.1 Å². The molecule has 0 fully saturated rings. The average Bonchev–Trinajstić information content (AvgIpc) is 2.73. The van der Waals surface area contributed by atoms with Crippen LogP contribution in [0.1, 0.15) is 21.1 Å². The summed E-state index contributed by atoms with van der Waals surface area (Å²) in [5.74, 6) is -0.122. The molecule has 0 atom stereocenters. The summed E-state index contributed by atoms with van der Waals surface area (Å²) in [6.45, 7) is 2.39. The number of carbonyl (C=O) groups excluding carboxylic acids is 1. The highest BCUT2D eigenvalue weighted by Crippen LogP contribution is 2.13. The zero-order valence-corrected chi connectivity index (χ0v) is 11.0. The van der Waals surface area contributed by atoms with Crippen LogP contribution in [0, 0.1) is 6.92 Å². The fraction of sp³-hybridized carbons (Fsp3) is 0.167. The molecule has 1 amide bonds. The lowest BCUT2D eigenvalue weighted by molar-refractivity contribution is 0.0948. The summed E-state index contributed by atoms with van der Waals surface area (Å²) < 4.78 is 0. The van der Waals surface area contributed by atoms with Crippen molar-refractivity contribution in [1.82, 2.24) is 10.3 Å². The molecule has 0 aliphatic rings. The molecule has 17 heavy (non-hydrogen) atoms. The van der Waals surface area contributed by atoms with Crippen LogP contribution in [-0.4, -0.2) is 10.9 Å². The van der Waals surface area contributed by atoms with Crippen LogP contribution in [0.3, 0.4) is 0 Å². The van der Waals surface area contributed by atoms with Gasteiger partial charge in [-0.25, -0.2) is 4.98 Å². The second kappa shape index (κ2) is 5.33. The van der Waals surface area contributed by atoms with Gasteiger partial charge in [-0.05, 0) is 19.1 Å². The van der Waals surface area contributed by atoms with E-state index in [0.29, 0.717) is 17.0 Å². The van der Waals surface area contributed by atoms with E-state index in [1.54, 1.807) is 23.5 Å². The van der Waals surface area contributed by atoms with Crippen molar-refractivity contribution in [2.45, 2.75) is 18.4 Å². The molecular formula is C12H12N2OS2. The van der Waals surface area contributed by atoms with Crippen molar-refractivity contribution < 1.29 is 4.79 Å². The SMILES string of the molecule is Cc1csc(CNC(=O)c2ccccc2S)n1. The Bertz CT molecular complexity index is 537. The molecule has 2 aromatic rings. The zero-order valence-electron chi connectivity index (χ0n) is 9.30. The van der Waals surface area contributed by atoms with E-state index in [4.69, 9.17) is 0 Å². The molecule has 88 valence electrons. The minimum absolute atomic E-state index is 0.122. The monoisotopic (exact) mass is 264 g/mol. The van der Waals surface area contributed by atoms with E-state index in [1.807, 2.05) is 24.4 Å². The van der Waals surface area contributed by atoms with Gasteiger partial charge in [-0.3, -0.25) is 4.79 Å². The van der Waals surface area contributed by atoms with Crippen molar-refractivity contribution in [3.8, 4) is 0 Å². The van der Waals surface area contributed by atoms with E-state index in [0.717, 1.165) is 10.7 Å². The predicted molar refractivity (Wildman–Crippen MR) is 71.7 cm³/mol. The third-order valence-corrected chi connectivity index (χ3v) is 3.57. The Morgan fingerprint density at radius 1 is 1.47 bits per heavy atom. The van der Waals surface area contributed by atoms with Crippen LogP contribution >= 0.6 is 24.0 Å². The van der Waals surface area contributed by atoms with Crippen molar-refractivity contribution >= 4 is 29.9 Å². The van der Waals surface area contributed by atoms with E-state index in [9.17, 15) is 4.79 Å². The first kappa shape index (κ1) is 12.1. The lowest BCUT2D eigenvalue weighted by Crippen LogP contribution is -2.23. The molecule has 0 saturated heterocycles. The fourth-order valence-electron chi connectivity index (χ4n) is 1.40. The standard InChI is InChI=1S/C12H12N2OS2/c1-8-7-17-11(14-8)6-13-12(15)9-4-2-3-5-10(9)16/h2-5,7,16H,6H2,1H3,(H,13,15). The Morgan fingerprint density at radius 3 is 2.88 bits per heavy atom. The third-order valence-electron chi connectivity index (χ3n) is 2.22. The van der Waals surface area contributed by atoms with Gasteiger partial charge in [-0.2, -0.15) is 0 Å². The minimum atomic E-state index is -0.122. The molecule has 1 N–H and O–H groups in total. The van der Waals surface area contributed by atoms with Crippen LogP contribution < -0.4 is 5.32 Å². The number of aromatic nitrogens is 1. The first-order valence-electron chi connectivity index (χ1n) is 5.14. The number of aryl methyl sites for hydroxylation is 1. The molecule has 0 aliphatic carbocycles. The van der Waals surface area contributed by atoms with Crippen LogP contribution in [0.5, 0.6) is 0 Å². The number of rotatable bonds is 3. The molecule has 0 saturated carbocycles.